The lowest BCUT2D eigenvalue weighted by Gasteiger charge is -2.13. The lowest BCUT2D eigenvalue weighted by Crippen LogP contribution is -1.96. The molecule has 0 saturated heterocycles. The highest BCUT2D eigenvalue weighted by molar-refractivity contribution is 5.51. The van der Waals surface area contributed by atoms with Crippen molar-refractivity contribution in [3.63, 3.8) is 0 Å². The molecule has 0 nitrogen and oxygen atoms in total. The maximum Gasteiger partial charge on any atom is -0.00257 e. The van der Waals surface area contributed by atoms with E-state index in [2.05, 4.69) is 55.7 Å². The van der Waals surface area contributed by atoms with E-state index in [9.17, 15) is 0 Å². The third-order valence-electron chi connectivity index (χ3n) is 3.03. The van der Waals surface area contributed by atoms with Crippen molar-refractivity contribution >= 4 is 0 Å². The van der Waals surface area contributed by atoms with E-state index in [4.69, 9.17) is 0 Å². The Kier molecular flexibility index (Phi) is 6.67. The van der Waals surface area contributed by atoms with Gasteiger partial charge in [0.25, 0.3) is 0 Å². The van der Waals surface area contributed by atoms with Crippen molar-refractivity contribution in [2.75, 3.05) is 0 Å². The summed E-state index contributed by atoms with van der Waals surface area (Å²) >= 11 is 0. The molecule has 0 heteroatoms. The van der Waals surface area contributed by atoms with Crippen molar-refractivity contribution in [2.45, 2.75) is 33.1 Å². The van der Waals surface area contributed by atoms with Gasteiger partial charge in [0.15, 0.2) is 0 Å². The van der Waals surface area contributed by atoms with Gasteiger partial charge >= 0.3 is 0 Å². The topological polar surface area (TPSA) is 0 Å². The average Bonchev–Trinajstić information content (AvgIpc) is 2.50. The summed E-state index contributed by atoms with van der Waals surface area (Å²) in [5, 5.41) is 0. The Morgan fingerprint density at radius 3 is 2.32 bits per heavy atom. The van der Waals surface area contributed by atoms with Crippen LogP contribution in [0, 0.1) is 0 Å². The number of rotatable bonds is 4. The molecule has 0 heterocycles. The van der Waals surface area contributed by atoms with Crippen LogP contribution in [0.25, 0.3) is 0 Å². The minimum Gasteiger partial charge on any atom is -0.0949 e. The van der Waals surface area contributed by atoms with Crippen LogP contribution >= 0.6 is 0 Å². The summed E-state index contributed by atoms with van der Waals surface area (Å²) in [6.45, 7) is 12.3. The SMILES string of the molecule is C=C(Cc1ccccc1)C(=C)C1=CCCC=C1.CC. The summed E-state index contributed by atoms with van der Waals surface area (Å²) in [5.41, 5.74) is 4.70. The van der Waals surface area contributed by atoms with E-state index >= 15 is 0 Å². The van der Waals surface area contributed by atoms with Crippen LogP contribution in [0.15, 0.2) is 78.4 Å². The zero-order valence-corrected chi connectivity index (χ0v) is 12.2. The van der Waals surface area contributed by atoms with Crippen molar-refractivity contribution < 1.29 is 0 Å². The first-order valence-electron chi connectivity index (χ1n) is 7.05. The third-order valence-corrected chi connectivity index (χ3v) is 3.03. The monoisotopic (exact) mass is 252 g/mol. The van der Waals surface area contributed by atoms with E-state index in [1.807, 2.05) is 19.9 Å². The summed E-state index contributed by atoms with van der Waals surface area (Å²) in [5.74, 6) is 0. The largest absolute Gasteiger partial charge is 0.0949 e. The molecule has 0 aromatic heterocycles. The fourth-order valence-corrected chi connectivity index (χ4v) is 1.99. The van der Waals surface area contributed by atoms with Crippen molar-refractivity contribution in [3.8, 4) is 0 Å². The molecule has 0 unspecified atom stereocenters. The van der Waals surface area contributed by atoms with Gasteiger partial charge in [0, 0.05) is 0 Å². The molecule has 0 amide bonds. The Morgan fingerprint density at radius 2 is 1.74 bits per heavy atom. The van der Waals surface area contributed by atoms with Gasteiger partial charge in [-0.25, -0.2) is 0 Å². The minimum absolute atomic E-state index is 0.880. The standard InChI is InChI=1S/C17H18.C2H6/c1-14(13-16-9-5-3-6-10-16)15(2)17-11-7-4-8-12-17;1-2/h3,5-7,9-12H,1-2,4,8,13H2;1-2H3. The summed E-state index contributed by atoms with van der Waals surface area (Å²) in [6, 6.07) is 10.4. The average molecular weight is 252 g/mol. The van der Waals surface area contributed by atoms with E-state index < -0.39 is 0 Å². The maximum atomic E-state index is 4.16. The molecule has 1 aromatic carbocycles. The summed E-state index contributed by atoms with van der Waals surface area (Å²) < 4.78 is 0. The third kappa shape index (κ3) is 4.75. The lowest BCUT2D eigenvalue weighted by atomic mass is 9.92. The number of benzene rings is 1. The molecular formula is C19H24. The molecule has 100 valence electrons. The summed E-state index contributed by atoms with van der Waals surface area (Å²) in [6.07, 6.45) is 9.74. The van der Waals surface area contributed by atoms with E-state index in [1.165, 1.54) is 11.1 Å². The molecule has 0 N–H and O–H groups in total. The molecule has 0 radical (unpaired) electrons. The molecular weight excluding hydrogens is 228 g/mol. The van der Waals surface area contributed by atoms with Crippen LogP contribution in [0.3, 0.4) is 0 Å². The fraction of sp³-hybridized carbons (Fsp3) is 0.263. The second-order valence-electron chi connectivity index (χ2n) is 4.38. The van der Waals surface area contributed by atoms with Crippen LogP contribution in [-0.4, -0.2) is 0 Å². The number of allylic oxidation sites excluding steroid dienone is 6. The van der Waals surface area contributed by atoms with Crippen molar-refractivity contribution in [3.05, 3.63) is 84.0 Å². The van der Waals surface area contributed by atoms with Gasteiger partial charge in [0.2, 0.25) is 0 Å². The van der Waals surface area contributed by atoms with Crippen LogP contribution in [0.4, 0.5) is 0 Å². The van der Waals surface area contributed by atoms with Crippen LogP contribution in [0.2, 0.25) is 0 Å². The Hall–Kier alpha value is -1.82. The Labute approximate surface area is 117 Å². The highest BCUT2D eigenvalue weighted by Crippen LogP contribution is 2.24. The smallest absolute Gasteiger partial charge is 0.00257 e. The summed E-state index contributed by atoms with van der Waals surface area (Å²) in [7, 11) is 0. The first kappa shape index (κ1) is 15.2. The first-order valence-corrected chi connectivity index (χ1v) is 7.05. The van der Waals surface area contributed by atoms with Crippen molar-refractivity contribution in [2.24, 2.45) is 0 Å². The molecule has 1 aliphatic carbocycles. The maximum absolute atomic E-state index is 4.16. The van der Waals surface area contributed by atoms with Gasteiger partial charge in [0.05, 0.1) is 0 Å². The molecule has 0 aliphatic heterocycles. The van der Waals surface area contributed by atoms with Gasteiger partial charge in [-0.15, -0.1) is 0 Å². The van der Waals surface area contributed by atoms with Crippen LogP contribution in [0.1, 0.15) is 32.3 Å². The normalized spacial score (nSPS) is 13.1. The van der Waals surface area contributed by atoms with E-state index in [0.717, 1.165) is 30.4 Å². The van der Waals surface area contributed by atoms with Gasteiger partial charge in [-0.2, -0.15) is 0 Å². The second kappa shape index (κ2) is 8.31. The molecule has 1 aliphatic rings. The lowest BCUT2D eigenvalue weighted by molar-refractivity contribution is 1.02. The predicted molar refractivity (Wildman–Crippen MR) is 86.2 cm³/mol. The molecule has 19 heavy (non-hydrogen) atoms. The molecule has 0 bridgehead atoms. The predicted octanol–water partition coefficient (Wildman–Crippen LogP) is 5.64. The van der Waals surface area contributed by atoms with E-state index in [0.29, 0.717) is 0 Å². The van der Waals surface area contributed by atoms with Gasteiger partial charge in [0.1, 0.15) is 0 Å². The van der Waals surface area contributed by atoms with E-state index in [1.54, 1.807) is 0 Å². The Bertz CT molecular complexity index is 472. The molecule has 0 spiro atoms. The second-order valence-corrected chi connectivity index (χ2v) is 4.38. The number of hydrogen-bond acceptors (Lipinski definition) is 0. The van der Waals surface area contributed by atoms with Gasteiger partial charge in [-0.1, -0.05) is 75.6 Å². The van der Waals surface area contributed by atoms with Crippen LogP contribution in [0.5, 0.6) is 0 Å². The molecule has 1 aromatic rings. The molecule has 0 fully saturated rings. The van der Waals surface area contributed by atoms with E-state index in [-0.39, 0.29) is 0 Å². The van der Waals surface area contributed by atoms with Gasteiger partial charge < -0.3 is 0 Å². The Balaban J connectivity index is 0.000000861. The van der Waals surface area contributed by atoms with Crippen molar-refractivity contribution in [1.29, 1.82) is 0 Å². The van der Waals surface area contributed by atoms with Gasteiger partial charge in [-0.05, 0) is 41.5 Å². The molecule has 2 rings (SSSR count). The first-order chi connectivity index (χ1) is 9.27. The highest BCUT2D eigenvalue weighted by Gasteiger charge is 2.06. The zero-order chi connectivity index (χ0) is 14.1. The van der Waals surface area contributed by atoms with Crippen LogP contribution in [-0.2, 0) is 6.42 Å². The molecule has 0 atom stereocenters. The minimum atomic E-state index is 0.880. The Morgan fingerprint density at radius 1 is 1.05 bits per heavy atom. The zero-order valence-electron chi connectivity index (χ0n) is 12.2. The van der Waals surface area contributed by atoms with Crippen LogP contribution < -0.4 is 0 Å². The fourth-order valence-electron chi connectivity index (χ4n) is 1.99. The quantitative estimate of drug-likeness (QED) is 0.608. The highest BCUT2D eigenvalue weighted by atomic mass is 14.1. The van der Waals surface area contributed by atoms with Crippen molar-refractivity contribution in [1.82, 2.24) is 0 Å². The van der Waals surface area contributed by atoms with Gasteiger partial charge in [-0.3, -0.25) is 0 Å². The molecule has 0 saturated carbocycles. The number of hydrogen-bond donors (Lipinski definition) is 0. The summed E-state index contributed by atoms with van der Waals surface area (Å²) in [4.78, 5) is 0.